The summed E-state index contributed by atoms with van der Waals surface area (Å²) in [5.74, 6) is 1.13. The summed E-state index contributed by atoms with van der Waals surface area (Å²) in [6, 6.07) is 3.85. The molecule has 0 bridgehead atoms. The van der Waals surface area contributed by atoms with Crippen LogP contribution in [0.15, 0.2) is 18.3 Å². The maximum absolute atomic E-state index is 13.1. The number of piperazine rings is 1. The Morgan fingerprint density at radius 1 is 1.24 bits per heavy atom. The molecular formula is C16H27Cl2N5O2. The Labute approximate surface area is 161 Å². The molecule has 3 rings (SSSR count). The molecule has 0 aliphatic carbocycles. The second-order valence-corrected chi connectivity index (χ2v) is 6.32. The second-order valence-electron chi connectivity index (χ2n) is 6.32. The van der Waals surface area contributed by atoms with Gasteiger partial charge in [0, 0.05) is 39.5 Å². The third kappa shape index (κ3) is 4.94. The molecule has 2 aliphatic rings. The van der Waals surface area contributed by atoms with Gasteiger partial charge in [0.1, 0.15) is 0 Å². The van der Waals surface area contributed by atoms with Crippen molar-refractivity contribution >= 4 is 36.5 Å². The lowest BCUT2D eigenvalue weighted by Crippen LogP contribution is -2.56. The first-order chi connectivity index (χ1) is 11.2. The molecule has 1 aromatic rings. The number of hydrogen-bond donors (Lipinski definition) is 1. The third-order valence-corrected chi connectivity index (χ3v) is 4.88. The number of piperidine rings is 1. The Balaban J connectivity index is 0.00000156. The van der Waals surface area contributed by atoms with E-state index in [1.807, 2.05) is 17.0 Å². The number of anilines is 1. The molecule has 0 atom stereocenters. The van der Waals surface area contributed by atoms with Crippen LogP contribution in [0.5, 0.6) is 0 Å². The molecule has 1 amide bonds. The number of halogens is 2. The van der Waals surface area contributed by atoms with Crippen LogP contribution >= 0.6 is 24.8 Å². The summed E-state index contributed by atoms with van der Waals surface area (Å²) in [6.07, 6.45) is 3.38. The Morgan fingerprint density at radius 3 is 2.48 bits per heavy atom. The molecule has 2 saturated heterocycles. The van der Waals surface area contributed by atoms with Crippen molar-refractivity contribution in [1.82, 2.24) is 20.4 Å². The number of carbonyl (C=O) groups excluding carboxylic acids is 1. The lowest BCUT2D eigenvalue weighted by Gasteiger charge is -2.42. The van der Waals surface area contributed by atoms with Gasteiger partial charge in [-0.2, -0.15) is 5.10 Å². The Bertz CT molecular complexity index is 515. The van der Waals surface area contributed by atoms with E-state index in [9.17, 15) is 4.79 Å². The fourth-order valence-corrected chi connectivity index (χ4v) is 3.54. The van der Waals surface area contributed by atoms with Crippen LogP contribution in [0, 0.1) is 5.41 Å². The van der Waals surface area contributed by atoms with Crippen molar-refractivity contribution in [3.8, 4) is 0 Å². The summed E-state index contributed by atoms with van der Waals surface area (Å²) < 4.78 is 5.38. The number of aromatic nitrogens is 2. The van der Waals surface area contributed by atoms with Crippen LogP contribution in [0.4, 0.5) is 5.82 Å². The minimum Gasteiger partial charge on any atom is -0.384 e. The van der Waals surface area contributed by atoms with Crippen molar-refractivity contribution in [2.45, 2.75) is 12.8 Å². The first-order valence-corrected chi connectivity index (χ1v) is 8.27. The summed E-state index contributed by atoms with van der Waals surface area (Å²) >= 11 is 0. The van der Waals surface area contributed by atoms with Crippen molar-refractivity contribution in [1.29, 1.82) is 0 Å². The van der Waals surface area contributed by atoms with Crippen LogP contribution in [0.25, 0.3) is 0 Å². The number of methoxy groups -OCH3 is 1. The smallest absolute Gasteiger partial charge is 0.231 e. The maximum atomic E-state index is 13.1. The standard InChI is InChI=1S/C16H25N5O2.2ClH/c1-23-13-16(4-7-17-8-5-16)15(22)21-11-9-20(10-12-21)14-3-2-6-18-19-14;;/h2-3,6,17H,4-5,7-13H2,1H3;2*1H. The van der Waals surface area contributed by atoms with Crippen molar-refractivity contribution in [3.05, 3.63) is 18.3 Å². The molecule has 7 nitrogen and oxygen atoms in total. The molecule has 25 heavy (non-hydrogen) atoms. The van der Waals surface area contributed by atoms with Crippen LogP contribution in [-0.2, 0) is 9.53 Å². The van der Waals surface area contributed by atoms with Crippen molar-refractivity contribution < 1.29 is 9.53 Å². The molecule has 0 saturated carbocycles. The molecule has 1 aromatic heterocycles. The highest BCUT2D eigenvalue weighted by molar-refractivity contribution is 5.85. The van der Waals surface area contributed by atoms with Crippen molar-refractivity contribution in [2.75, 3.05) is 57.9 Å². The van der Waals surface area contributed by atoms with E-state index < -0.39 is 0 Å². The minimum atomic E-state index is -0.352. The summed E-state index contributed by atoms with van der Waals surface area (Å²) in [5, 5.41) is 11.4. The van der Waals surface area contributed by atoms with Gasteiger partial charge in [0.2, 0.25) is 5.91 Å². The van der Waals surface area contributed by atoms with Crippen LogP contribution in [0.2, 0.25) is 0 Å². The van der Waals surface area contributed by atoms with E-state index in [0.717, 1.165) is 57.9 Å². The fraction of sp³-hybridized carbons (Fsp3) is 0.688. The van der Waals surface area contributed by atoms with Gasteiger partial charge in [0.15, 0.2) is 5.82 Å². The van der Waals surface area contributed by atoms with E-state index >= 15 is 0 Å². The number of amides is 1. The van der Waals surface area contributed by atoms with Crippen molar-refractivity contribution in [2.24, 2.45) is 5.41 Å². The van der Waals surface area contributed by atoms with E-state index in [4.69, 9.17) is 4.74 Å². The summed E-state index contributed by atoms with van der Waals surface area (Å²) in [7, 11) is 1.68. The van der Waals surface area contributed by atoms with Gasteiger partial charge in [-0.15, -0.1) is 29.9 Å². The highest BCUT2D eigenvalue weighted by atomic mass is 35.5. The first kappa shape index (κ1) is 21.9. The quantitative estimate of drug-likeness (QED) is 0.824. The average molecular weight is 392 g/mol. The SMILES string of the molecule is COCC1(C(=O)N2CCN(c3cccnn3)CC2)CCNCC1.Cl.Cl. The van der Waals surface area contributed by atoms with Crippen LogP contribution < -0.4 is 10.2 Å². The van der Waals surface area contributed by atoms with Gasteiger partial charge in [-0.3, -0.25) is 4.79 Å². The first-order valence-electron chi connectivity index (χ1n) is 8.27. The van der Waals surface area contributed by atoms with Crippen LogP contribution in [-0.4, -0.2) is 74.0 Å². The fourth-order valence-electron chi connectivity index (χ4n) is 3.54. The third-order valence-electron chi connectivity index (χ3n) is 4.88. The zero-order valence-electron chi connectivity index (χ0n) is 14.5. The lowest BCUT2D eigenvalue weighted by atomic mass is 9.78. The minimum absolute atomic E-state index is 0. The predicted molar refractivity (Wildman–Crippen MR) is 102 cm³/mol. The number of ether oxygens (including phenoxy) is 1. The van der Waals surface area contributed by atoms with E-state index in [1.165, 1.54) is 0 Å². The molecule has 9 heteroatoms. The predicted octanol–water partition coefficient (Wildman–Crippen LogP) is 0.985. The van der Waals surface area contributed by atoms with Crippen LogP contribution in [0.3, 0.4) is 0 Å². The molecule has 142 valence electrons. The van der Waals surface area contributed by atoms with E-state index in [2.05, 4.69) is 20.4 Å². The van der Waals surface area contributed by atoms with Gasteiger partial charge < -0.3 is 19.9 Å². The van der Waals surface area contributed by atoms with E-state index in [0.29, 0.717) is 6.61 Å². The van der Waals surface area contributed by atoms with Gasteiger partial charge >= 0.3 is 0 Å². The van der Waals surface area contributed by atoms with E-state index in [1.54, 1.807) is 13.3 Å². The average Bonchev–Trinajstić information content (AvgIpc) is 2.63. The van der Waals surface area contributed by atoms with E-state index in [-0.39, 0.29) is 36.1 Å². The van der Waals surface area contributed by atoms with Crippen molar-refractivity contribution in [3.63, 3.8) is 0 Å². The Kier molecular flexibility index (Phi) is 8.85. The number of carbonyl (C=O) groups is 1. The van der Waals surface area contributed by atoms with Gasteiger partial charge in [-0.1, -0.05) is 0 Å². The molecule has 2 fully saturated rings. The normalized spacial score (nSPS) is 19.6. The summed E-state index contributed by atoms with van der Waals surface area (Å²) in [5.41, 5.74) is -0.352. The number of nitrogens with one attached hydrogen (secondary N) is 1. The van der Waals surface area contributed by atoms with Gasteiger partial charge in [0.25, 0.3) is 0 Å². The Morgan fingerprint density at radius 2 is 1.92 bits per heavy atom. The molecule has 1 N–H and O–H groups in total. The van der Waals surface area contributed by atoms with Gasteiger partial charge in [0.05, 0.1) is 12.0 Å². The van der Waals surface area contributed by atoms with Gasteiger partial charge in [-0.05, 0) is 38.1 Å². The topological polar surface area (TPSA) is 70.6 Å². The summed E-state index contributed by atoms with van der Waals surface area (Å²) in [6.45, 7) is 5.33. The maximum Gasteiger partial charge on any atom is 0.231 e. The molecule has 3 heterocycles. The molecule has 0 spiro atoms. The molecule has 2 aliphatic heterocycles. The zero-order chi connectivity index (χ0) is 16.1. The Hall–Kier alpha value is -1.15. The zero-order valence-corrected chi connectivity index (χ0v) is 16.2. The molecule has 0 aromatic carbocycles. The largest absolute Gasteiger partial charge is 0.384 e. The molecule has 0 unspecified atom stereocenters. The molecular weight excluding hydrogens is 365 g/mol. The monoisotopic (exact) mass is 391 g/mol. The second kappa shape index (κ2) is 10.1. The lowest BCUT2D eigenvalue weighted by molar-refractivity contribution is -0.147. The highest BCUT2D eigenvalue weighted by Crippen LogP contribution is 2.32. The molecule has 0 radical (unpaired) electrons. The summed E-state index contributed by atoms with van der Waals surface area (Å²) in [4.78, 5) is 17.3. The number of hydrogen-bond acceptors (Lipinski definition) is 6. The number of rotatable bonds is 4. The van der Waals surface area contributed by atoms with Gasteiger partial charge in [-0.25, -0.2) is 0 Å². The highest BCUT2D eigenvalue weighted by Gasteiger charge is 2.42. The number of nitrogens with zero attached hydrogens (tertiary/aromatic N) is 4. The van der Waals surface area contributed by atoms with Crippen LogP contribution in [0.1, 0.15) is 12.8 Å².